The van der Waals surface area contributed by atoms with Crippen molar-refractivity contribution in [3.63, 3.8) is 0 Å². The fourth-order valence-corrected chi connectivity index (χ4v) is 1.55. The van der Waals surface area contributed by atoms with E-state index in [4.69, 9.17) is 5.73 Å². The molecule has 0 heterocycles. The Labute approximate surface area is 101 Å². The van der Waals surface area contributed by atoms with Crippen LogP contribution in [-0.4, -0.2) is 30.7 Å². The summed E-state index contributed by atoms with van der Waals surface area (Å²) in [5.41, 5.74) is 5.48. The molecule has 2 N–H and O–H groups in total. The predicted molar refractivity (Wildman–Crippen MR) is 56.7 cm³/mol. The molecule has 0 atom stereocenters. The molecule has 7 heteroatoms. The molecule has 18 heavy (non-hydrogen) atoms. The third kappa shape index (κ3) is 4.97. The first kappa shape index (κ1) is 14.8. The molecule has 1 rings (SSSR count). The SMILES string of the molecule is NCCN(Cc1ccc(F)c(F)c1)CC(F)(F)F. The molecule has 2 nitrogen and oxygen atoms in total. The Morgan fingerprint density at radius 2 is 1.78 bits per heavy atom. The molecule has 102 valence electrons. The zero-order chi connectivity index (χ0) is 13.8. The second-order valence-corrected chi connectivity index (χ2v) is 3.86. The molecule has 0 saturated heterocycles. The number of rotatable bonds is 5. The van der Waals surface area contributed by atoms with E-state index >= 15 is 0 Å². The third-order valence-corrected chi connectivity index (χ3v) is 2.24. The molecule has 0 unspecified atom stereocenters. The Morgan fingerprint density at radius 1 is 1.11 bits per heavy atom. The van der Waals surface area contributed by atoms with E-state index in [9.17, 15) is 22.0 Å². The number of alkyl halides is 3. The van der Waals surface area contributed by atoms with Crippen molar-refractivity contribution in [2.45, 2.75) is 12.7 Å². The van der Waals surface area contributed by atoms with Crippen molar-refractivity contribution in [2.75, 3.05) is 19.6 Å². The van der Waals surface area contributed by atoms with Gasteiger partial charge < -0.3 is 5.73 Å². The Balaban J connectivity index is 2.73. The highest BCUT2D eigenvalue weighted by atomic mass is 19.4. The van der Waals surface area contributed by atoms with E-state index in [0.717, 1.165) is 17.0 Å². The highest BCUT2D eigenvalue weighted by molar-refractivity contribution is 5.17. The van der Waals surface area contributed by atoms with Crippen molar-refractivity contribution in [1.29, 1.82) is 0 Å². The molecule has 0 aromatic heterocycles. The van der Waals surface area contributed by atoms with E-state index in [2.05, 4.69) is 0 Å². The second-order valence-electron chi connectivity index (χ2n) is 3.86. The summed E-state index contributed by atoms with van der Waals surface area (Å²) in [6, 6.07) is 3.02. The van der Waals surface area contributed by atoms with E-state index in [1.165, 1.54) is 6.07 Å². The Kier molecular flexibility index (Phi) is 5.03. The quantitative estimate of drug-likeness (QED) is 0.830. The summed E-state index contributed by atoms with van der Waals surface area (Å²) in [7, 11) is 0. The molecule has 0 aliphatic carbocycles. The number of hydrogen-bond donors (Lipinski definition) is 1. The minimum Gasteiger partial charge on any atom is -0.329 e. The molecule has 1 aromatic carbocycles. The first-order valence-electron chi connectivity index (χ1n) is 5.25. The van der Waals surface area contributed by atoms with Gasteiger partial charge in [-0.3, -0.25) is 4.90 Å². The molecule has 0 saturated carbocycles. The van der Waals surface area contributed by atoms with Crippen molar-refractivity contribution in [2.24, 2.45) is 5.73 Å². The summed E-state index contributed by atoms with van der Waals surface area (Å²) in [4.78, 5) is 1.03. The predicted octanol–water partition coefficient (Wildman–Crippen LogP) is 2.29. The van der Waals surface area contributed by atoms with Gasteiger partial charge in [-0.1, -0.05) is 6.07 Å². The minimum absolute atomic E-state index is 0.0263. The van der Waals surface area contributed by atoms with Gasteiger partial charge in [0.05, 0.1) is 6.54 Å². The summed E-state index contributed by atoms with van der Waals surface area (Å²) < 4.78 is 62.4. The van der Waals surface area contributed by atoms with E-state index in [0.29, 0.717) is 0 Å². The lowest BCUT2D eigenvalue weighted by Crippen LogP contribution is -2.37. The molecular formula is C11H13F5N2. The molecule has 1 aromatic rings. The smallest absolute Gasteiger partial charge is 0.329 e. The average Bonchev–Trinajstić information content (AvgIpc) is 2.21. The lowest BCUT2D eigenvalue weighted by Gasteiger charge is -2.23. The normalized spacial score (nSPS) is 12.2. The Hall–Kier alpha value is -1.21. The maximum absolute atomic E-state index is 12.9. The van der Waals surface area contributed by atoms with Gasteiger partial charge >= 0.3 is 6.18 Å². The third-order valence-electron chi connectivity index (χ3n) is 2.24. The van der Waals surface area contributed by atoms with Crippen molar-refractivity contribution in [3.05, 3.63) is 35.4 Å². The van der Waals surface area contributed by atoms with Crippen molar-refractivity contribution in [3.8, 4) is 0 Å². The van der Waals surface area contributed by atoms with Crippen LogP contribution in [0.2, 0.25) is 0 Å². The van der Waals surface area contributed by atoms with Gasteiger partial charge in [0.2, 0.25) is 0 Å². The Bertz CT molecular complexity index is 392. The molecule has 0 spiro atoms. The van der Waals surface area contributed by atoms with Crippen LogP contribution in [0.5, 0.6) is 0 Å². The molecule has 0 fully saturated rings. The van der Waals surface area contributed by atoms with Crippen molar-refractivity contribution >= 4 is 0 Å². The number of hydrogen-bond acceptors (Lipinski definition) is 2. The summed E-state index contributed by atoms with van der Waals surface area (Å²) in [5, 5.41) is 0. The highest BCUT2D eigenvalue weighted by Crippen LogP contribution is 2.18. The van der Waals surface area contributed by atoms with Crippen LogP contribution in [0, 0.1) is 11.6 Å². The van der Waals surface area contributed by atoms with Crippen LogP contribution in [0.15, 0.2) is 18.2 Å². The van der Waals surface area contributed by atoms with Gasteiger partial charge in [-0.25, -0.2) is 8.78 Å². The number of halogens is 5. The van der Waals surface area contributed by atoms with Gasteiger partial charge in [0.15, 0.2) is 11.6 Å². The van der Waals surface area contributed by atoms with E-state index < -0.39 is 24.4 Å². The monoisotopic (exact) mass is 268 g/mol. The fourth-order valence-electron chi connectivity index (χ4n) is 1.55. The van der Waals surface area contributed by atoms with E-state index in [-0.39, 0.29) is 25.2 Å². The lowest BCUT2D eigenvalue weighted by molar-refractivity contribution is -0.146. The van der Waals surface area contributed by atoms with Crippen LogP contribution in [0.25, 0.3) is 0 Å². The zero-order valence-electron chi connectivity index (χ0n) is 9.47. The van der Waals surface area contributed by atoms with Gasteiger partial charge in [0, 0.05) is 19.6 Å². The summed E-state index contributed by atoms with van der Waals surface area (Å²) in [6.45, 7) is -1.19. The first-order chi connectivity index (χ1) is 8.31. The van der Waals surface area contributed by atoms with Gasteiger partial charge in [0.1, 0.15) is 0 Å². The van der Waals surface area contributed by atoms with Crippen LogP contribution < -0.4 is 5.73 Å². The lowest BCUT2D eigenvalue weighted by atomic mass is 10.2. The molecule has 0 radical (unpaired) electrons. The molecule has 0 aliphatic heterocycles. The standard InChI is InChI=1S/C11H13F5N2/c12-9-2-1-8(5-10(9)13)6-18(4-3-17)7-11(14,15)16/h1-2,5H,3-4,6-7,17H2. The first-order valence-corrected chi connectivity index (χ1v) is 5.25. The Morgan fingerprint density at radius 3 is 2.28 bits per heavy atom. The molecule has 0 bridgehead atoms. The highest BCUT2D eigenvalue weighted by Gasteiger charge is 2.30. The van der Waals surface area contributed by atoms with Crippen LogP contribution >= 0.6 is 0 Å². The van der Waals surface area contributed by atoms with Gasteiger partial charge in [-0.15, -0.1) is 0 Å². The van der Waals surface area contributed by atoms with Crippen LogP contribution in [0.4, 0.5) is 22.0 Å². The summed E-state index contributed by atoms with van der Waals surface area (Å²) >= 11 is 0. The molecule has 0 amide bonds. The maximum atomic E-state index is 12.9. The van der Waals surface area contributed by atoms with Crippen molar-refractivity contribution in [1.82, 2.24) is 4.90 Å². The van der Waals surface area contributed by atoms with Crippen molar-refractivity contribution < 1.29 is 22.0 Å². The molecular weight excluding hydrogens is 255 g/mol. The van der Waals surface area contributed by atoms with Crippen LogP contribution in [0.1, 0.15) is 5.56 Å². The van der Waals surface area contributed by atoms with Crippen LogP contribution in [-0.2, 0) is 6.54 Å². The topological polar surface area (TPSA) is 29.3 Å². The zero-order valence-corrected chi connectivity index (χ0v) is 9.47. The average molecular weight is 268 g/mol. The summed E-state index contributed by atoms with van der Waals surface area (Å²) in [5.74, 6) is -2.10. The number of nitrogens with two attached hydrogens (primary N) is 1. The largest absolute Gasteiger partial charge is 0.401 e. The minimum atomic E-state index is -4.35. The summed E-state index contributed by atoms with van der Waals surface area (Å²) in [6.07, 6.45) is -4.35. The van der Waals surface area contributed by atoms with Gasteiger partial charge in [-0.2, -0.15) is 13.2 Å². The number of benzene rings is 1. The van der Waals surface area contributed by atoms with Gasteiger partial charge in [-0.05, 0) is 17.7 Å². The second kappa shape index (κ2) is 6.10. The van der Waals surface area contributed by atoms with Gasteiger partial charge in [0.25, 0.3) is 0 Å². The maximum Gasteiger partial charge on any atom is 0.401 e. The number of nitrogens with zero attached hydrogens (tertiary/aromatic N) is 1. The van der Waals surface area contributed by atoms with E-state index in [1.54, 1.807) is 0 Å². The fraction of sp³-hybridized carbons (Fsp3) is 0.455. The van der Waals surface area contributed by atoms with Crippen LogP contribution in [0.3, 0.4) is 0 Å². The van der Waals surface area contributed by atoms with E-state index in [1.807, 2.05) is 0 Å². The molecule has 0 aliphatic rings.